The molecule has 178 valence electrons. The SMILES string of the molecule is COc1ccc(Cl)cc1NC(=O)N1CCN(c2ccc(-c3ccc(OC)c(OC)c3)nn2)CC1. The van der Waals surface area contributed by atoms with Gasteiger partial charge >= 0.3 is 6.03 Å². The van der Waals surface area contributed by atoms with Crippen LogP contribution < -0.4 is 24.4 Å². The second-order valence-electron chi connectivity index (χ2n) is 7.60. The summed E-state index contributed by atoms with van der Waals surface area (Å²) in [6.07, 6.45) is 0. The molecule has 2 amide bonds. The maximum atomic E-state index is 12.7. The monoisotopic (exact) mass is 483 g/mol. The molecule has 10 heteroatoms. The van der Waals surface area contributed by atoms with Crippen LogP contribution in [0.2, 0.25) is 5.02 Å². The van der Waals surface area contributed by atoms with E-state index in [1.807, 2.05) is 30.3 Å². The second kappa shape index (κ2) is 10.5. The highest BCUT2D eigenvalue weighted by molar-refractivity contribution is 6.31. The number of aromatic nitrogens is 2. The fraction of sp³-hybridized carbons (Fsp3) is 0.292. The Kier molecular flexibility index (Phi) is 7.22. The van der Waals surface area contributed by atoms with Gasteiger partial charge in [0.15, 0.2) is 17.3 Å². The molecule has 34 heavy (non-hydrogen) atoms. The number of hydrogen-bond donors (Lipinski definition) is 1. The van der Waals surface area contributed by atoms with Crippen molar-refractivity contribution in [2.45, 2.75) is 0 Å². The van der Waals surface area contributed by atoms with E-state index in [0.29, 0.717) is 54.1 Å². The molecule has 0 atom stereocenters. The molecule has 0 unspecified atom stereocenters. The third-order valence-electron chi connectivity index (χ3n) is 5.62. The van der Waals surface area contributed by atoms with Crippen molar-refractivity contribution in [3.8, 4) is 28.5 Å². The molecule has 1 fully saturated rings. The Hall–Kier alpha value is -3.72. The maximum absolute atomic E-state index is 12.7. The first-order valence-electron chi connectivity index (χ1n) is 10.7. The van der Waals surface area contributed by atoms with Crippen LogP contribution in [0.3, 0.4) is 0 Å². The van der Waals surface area contributed by atoms with E-state index in [9.17, 15) is 4.79 Å². The number of amides is 2. The first kappa shape index (κ1) is 23.4. The molecule has 0 bridgehead atoms. The molecule has 1 aromatic heterocycles. The Bertz CT molecular complexity index is 1150. The van der Waals surface area contributed by atoms with E-state index in [2.05, 4.69) is 20.4 Å². The number of carbonyl (C=O) groups is 1. The Morgan fingerprint density at radius 3 is 2.21 bits per heavy atom. The summed E-state index contributed by atoms with van der Waals surface area (Å²) in [4.78, 5) is 16.6. The Labute approximate surface area is 203 Å². The zero-order valence-corrected chi connectivity index (χ0v) is 20.0. The molecule has 0 radical (unpaired) electrons. The Balaban J connectivity index is 1.37. The van der Waals surface area contributed by atoms with Crippen LogP contribution in [0.15, 0.2) is 48.5 Å². The number of rotatable bonds is 6. The standard InChI is InChI=1S/C24H26ClN5O4/c1-32-20-8-5-17(25)15-19(20)26-24(31)30-12-10-29(11-13-30)23-9-6-18(27-28-23)16-4-7-21(33-2)22(14-16)34-3/h4-9,14-15H,10-13H2,1-3H3,(H,26,31). The fourth-order valence-electron chi connectivity index (χ4n) is 3.75. The van der Waals surface area contributed by atoms with Crippen LogP contribution >= 0.6 is 11.6 Å². The number of hydrogen-bond acceptors (Lipinski definition) is 7. The normalized spacial score (nSPS) is 13.4. The number of ether oxygens (including phenoxy) is 3. The molecule has 1 N–H and O–H groups in total. The van der Waals surface area contributed by atoms with Gasteiger partial charge in [-0.25, -0.2) is 4.79 Å². The van der Waals surface area contributed by atoms with Gasteiger partial charge in [0.05, 0.1) is 32.7 Å². The second-order valence-corrected chi connectivity index (χ2v) is 8.03. The topological polar surface area (TPSA) is 89.1 Å². The van der Waals surface area contributed by atoms with E-state index in [-0.39, 0.29) is 6.03 Å². The summed E-state index contributed by atoms with van der Waals surface area (Å²) in [6.45, 7) is 2.39. The van der Waals surface area contributed by atoms with Gasteiger partial charge in [0.2, 0.25) is 0 Å². The molecular formula is C24H26ClN5O4. The Morgan fingerprint density at radius 1 is 0.853 bits per heavy atom. The molecular weight excluding hydrogens is 458 g/mol. The van der Waals surface area contributed by atoms with Gasteiger partial charge in [-0.15, -0.1) is 10.2 Å². The predicted molar refractivity (Wildman–Crippen MR) is 131 cm³/mol. The number of nitrogens with zero attached hydrogens (tertiary/aromatic N) is 4. The summed E-state index contributed by atoms with van der Waals surface area (Å²) in [5, 5.41) is 12.2. The molecule has 2 heterocycles. The van der Waals surface area contributed by atoms with Gasteiger partial charge < -0.3 is 29.3 Å². The van der Waals surface area contributed by atoms with Crippen molar-refractivity contribution in [1.82, 2.24) is 15.1 Å². The van der Waals surface area contributed by atoms with Gasteiger partial charge in [-0.1, -0.05) is 11.6 Å². The molecule has 0 spiro atoms. The van der Waals surface area contributed by atoms with Crippen molar-refractivity contribution in [2.24, 2.45) is 0 Å². The number of halogens is 1. The van der Waals surface area contributed by atoms with Gasteiger partial charge in [-0.2, -0.15) is 0 Å². The van der Waals surface area contributed by atoms with E-state index < -0.39 is 0 Å². The number of benzene rings is 2. The molecule has 2 aromatic carbocycles. The van der Waals surface area contributed by atoms with Gasteiger partial charge in [0.1, 0.15) is 5.75 Å². The lowest BCUT2D eigenvalue weighted by molar-refractivity contribution is 0.208. The summed E-state index contributed by atoms with van der Waals surface area (Å²) in [6, 6.07) is 14.4. The zero-order valence-electron chi connectivity index (χ0n) is 19.2. The van der Waals surface area contributed by atoms with E-state index in [1.54, 1.807) is 44.4 Å². The fourth-order valence-corrected chi connectivity index (χ4v) is 3.93. The largest absolute Gasteiger partial charge is 0.495 e. The first-order chi connectivity index (χ1) is 16.5. The minimum absolute atomic E-state index is 0.199. The maximum Gasteiger partial charge on any atom is 0.322 e. The van der Waals surface area contributed by atoms with Crippen molar-refractivity contribution in [3.63, 3.8) is 0 Å². The van der Waals surface area contributed by atoms with Crippen LogP contribution in [0.25, 0.3) is 11.3 Å². The van der Waals surface area contributed by atoms with Crippen molar-refractivity contribution >= 4 is 29.1 Å². The summed E-state index contributed by atoms with van der Waals surface area (Å²) >= 11 is 6.06. The number of anilines is 2. The molecule has 1 saturated heterocycles. The summed E-state index contributed by atoms with van der Waals surface area (Å²) in [7, 11) is 4.75. The van der Waals surface area contributed by atoms with E-state index in [1.165, 1.54) is 0 Å². The number of carbonyl (C=O) groups excluding carboxylic acids is 1. The summed E-state index contributed by atoms with van der Waals surface area (Å²) in [5.74, 6) is 2.62. The minimum atomic E-state index is -0.199. The number of urea groups is 1. The average molecular weight is 484 g/mol. The van der Waals surface area contributed by atoms with Crippen molar-refractivity contribution < 1.29 is 19.0 Å². The highest BCUT2D eigenvalue weighted by atomic mass is 35.5. The van der Waals surface area contributed by atoms with Crippen LogP contribution in [0, 0.1) is 0 Å². The molecule has 1 aliphatic heterocycles. The lowest BCUT2D eigenvalue weighted by Crippen LogP contribution is -2.50. The molecule has 1 aliphatic rings. The zero-order chi connectivity index (χ0) is 24.1. The molecule has 0 aliphatic carbocycles. The van der Waals surface area contributed by atoms with E-state index >= 15 is 0 Å². The van der Waals surface area contributed by atoms with Crippen molar-refractivity contribution in [1.29, 1.82) is 0 Å². The first-order valence-corrected chi connectivity index (χ1v) is 11.1. The molecule has 3 aromatic rings. The number of nitrogens with one attached hydrogen (secondary N) is 1. The molecule has 4 rings (SSSR count). The smallest absolute Gasteiger partial charge is 0.322 e. The molecule has 9 nitrogen and oxygen atoms in total. The quantitative estimate of drug-likeness (QED) is 0.562. The van der Waals surface area contributed by atoms with Crippen LogP contribution in [0.1, 0.15) is 0 Å². The van der Waals surface area contributed by atoms with Gasteiger partial charge in [-0.05, 0) is 48.5 Å². The van der Waals surface area contributed by atoms with Gasteiger partial charge in [-0.3, -0.25) is 0 Å². The van der Waals surface area contributed by atoms with Crippen molar-refractivity contribution in [2.75, 3.05) is 57.7 Å². The third kappa shape index (κ3) is 5.09. The highest BCUT2D eigenvalue weighted by Crippen LogP contribution is 2.32. The van der Waals surface area contributed by atoms with Crippen LogP contribution in [0.5, 0.6) is 17.2 Å². The average Bonchev–Trinajstić information content (AvgIpc) is 2.88. The van der Waals surface area contributed by atoms with E-state index in [4.69, 9.17) is 25.8 Å². The van der Waals surface area contributed by atoms with E-state index in [0.717, 1.165) is 17.1 Å². The summed E-state index contributed by atoms with van der Waals surface area (Å²) in [5.41, 5.74) is 2.16. The molecule has 0 saturated carbocycles. The van der Waals surface area contributed by atoms with Crippen LogP contribution in [-0.4, -0.2) is 68.6 Å². The highest BCUT2D eigenvalue weighted by Gasteiger charge is 2.23. The summed E-state index contributed by atoms with van der Waals surface area (Å²) < 4.78 is 16.0. The third-order valence-corrected chi connectivity index (χ3v) is 5.86. The number of piperazine rings is 1. The van der Waals surface area contributed by atoms with Crippen LogP contribution in [0.4, 0.5) is 16.3 Å². The predicted octanol–water partition coefficient (Wildman–Crippen LogP) is 4.18. The van der Waals surface area contributed by atoms with Gasteiger partial charge in [0, 0.05) is 36.8 Å². The lowest BCUT2D eigenvalue weighted by Gasteiger charge is -2.35. The van der Waals surface area contributed by atoms with Gasteiger partial charge in [0.25, 0.3) is 0 Å². The lowest BCUT2D eigenvalue weighted by atomic mass is 10.1. The number of methoxy groups -OCH3 is 3. The van der Waals surface area contributed by atoms with Crippen LogP contribution in [-0.2, 0) is 0 Å². The Morgan fingerprint density at radius 2 is 1.56 bits per heavy atom. The minimum Gasteiger partial charge on any atom is -0.495 e. The van der Waals surface area contributed by atoms with Crippen molar-refractivity contribution in [3.05, 3.63) is 53.6 Å².